The lowest BCUT2D eigenvalue weighted by atomic mass is 10.2. The minimum Gasteiger partial charge on any atom is -0.313 e. The molecular weight excluding hydrogens is 260 g/mol. The van der Waals surface area contributed by atoms with Crippen molar-refractivity contribution in [2.24, 2.45) is 5.92 Å². The Balaban J connectivity index is 2.39. The Bertz CT molecular complexity index is 323. The van der Waals surface area contributed by atoms with E-state index >= 15 is 0 Å². The van der Waals surface area contributed by atoms with Crippen LogP contribution in [0.4, 0.5) is 0 Å². The van der Waals surface area contributed by atoms with Crippen molar-refractivity contribution in [3.63, 3.8) is 0 Å². The first-order chi connectivity index (χ1) is 8.61. The lowest BCUT2D eigenvalue weighted by Crippen LogP contribution is -2.34. The molecule has 0 saturated carbocycles. The minimum atomic E-state index is 0.569. The molecule has 104 valence electrons. The van der Waals surface area contributed by atoms with Crippen molar-refractivity contribution in [3.05, 3.63) is 16.1 Å². The second kappa shape index (κ2) is 8.94. The first kappa shape index (κ1) is 16.0. The number of rotatable bonds is 9. The lowest BCUT2D eigenvalue weighted by Gasteiger charge is -2.17. The van der Waals surface area contributed by atoms with E-state index in [0.717, 1.165) is 24.6 Å². The van der Waals surface area contributed by atoms with Crippen LogP contribution in [-0.2, 0) is 6.42 Å². The fourth-order valence-electron chi connectivity index (χ4n) is 1.69. The summed E-state index contributed by atoms with van der Waals surface area (Å²) in [7, 11) is 0. The van der Waals surface area contributed by atoms with E-state index in [2.05, 4.69) is 55.1 Å². The quantitative estimate of drug-likeness (QED) is 0.748. The topological polar surface area (TPSA) is 24.9 Å². The molecule has 0 aliphatic heterocycles. The molecular formula is C14H26N2S2. The lowest BCUT2D eigenvalue weighted by molar-refractivity contribution is 0.548. The monoisotopic (exact) mass is 286 g/mol. The predicted octanol–water partition coefficient (Wildman–Crippen LogP) is 3.75. The smallest absolute Gasteiger partial charge is 0.0943 e. The molecule has 2 nitrogen and oxygen atoms in total. The molecule has 1 aromatic heterocycles. The molecule has 0 amide bonds. The van der Waals surface area contributed by atoms with Gasteiger partial charge in [0.15, 0.2) is 0 Å². The zero-order chi connectivity index (χ0) is 13.4. The van der Waals surface area contributed by atoms with Crippen molar-refractivity contribution in [2.45, 2.75) is 46.6 Å². The number of thiazole rings is 1. The second-order valence-electron chi connectivity index (χ2n) is 5.17. The fraction of sp³-hybridized carbons (Fsp3) is 0.786. The van der Waals surface area contributed by atoms with Crippen LogP contribution in [0.15, 0.2) is 5.38 Å². The van der Waals surface area contributed by atoms with Gasteiger partial charge in [-0.15, -0.1) is 11.3 Å². The van der Waals surface area contributed by atoms with Gasteiger partial charge >= 0.3 is 0 Å². The molecule has 1 unspecified atom stereocenters. The third-order valence-corrected chi connectivity index (χ3v) is 5.07. The van der Waals surface area contributed by atoms with Crippen LogP contribution in [0.1, 0.15) is 37.9 Å². The number of aromatic nitrogens is 1. The van der Waals surface area contributed by atoms with Gasteiger partial charge in [-0.25, -0.2) is 4.98 Å². The molecule has 1 N–H and O–H groups in total. The van der Waals surface area contributed by atoms with Crippen LogP contribution in [0.2, 0.25) is 0 Å². The number of aryl methyl sites for hydroxylation is 1. The third-order valence-electron chi connectivity index (χ3n) is 2.54. The molecule has 0 bridgehead atoms. The van der Waals surface area contributed by atoms with Crippen molar-refractivity contribution >= 4 is 23.1 Å². The molecule has 0 radical (unpaired) electrons. The van der Waals surface area contributed by atoms with Gasteiger partial charge in [0.25, 0.3) is 0 Å². The summed E-state index contributed by atoms with van der Waals surface area (Å²) in [6.07, 6.45) is 2.27. The maximum Gasteiger partial charge on any atom is 0.0943 e. The van der Waals surface area contributed by atoms with Gasteiger partial charge in [0.1, 0.15) is 0 Å². The Kier molecular flexibility index (Phi) is 7.95. The van der Waals surface area contributed by atoms with Crippen LogP contribution in [0, 0.1) is 12.8 Å². The van der Waals surface area contributed by atoms with Gasteiger partial charge in [-0.05, 0) is 31.6 Å². The highest BCUT2D eigenvalue weighted by atomic mass is 32.2. The summed E-state index contributed by atoms with van der Waals surface area (Å²) in [5.41, 5.74) is 1.15. The van der Waals surface area contributed by atoms with E-state index in [9.17, 15) is 0 Å². The summed E-state index contributed by atoms with van der Waals surface area (Å²) in [5, 5.41) is 7.06. The Morgan fingerprint density at radius 1 is 1.39 bits per heavy atom. The molecule has 0 aliphatic rings. The van der Waals surface area contributed by atoms with Crippen LogP contribution in [0.25, 0.3) is 0 Å². The molecule has 1 rings (SSSR count). The van der Waals surface area contributed by atoms with Crippen molar-refractivity contribution in [2.75, 3.05) is 18.1 Å². The molecule has 1 aromatic rings. The zero-order valence-electron chi connectivity index (χ0n) is 12.0. The standard InChI is InChI=1S/C14H26N2S2/c1-5-6-15-13(10-17-8-11(2)3)7-14-16-12(4)9-18-14/h9,11,13,15H,5-8,10H2,1-4H3. The van der Waals surface area contributed by atoms with Gasteiger partial charge < -0.3 is 5.32 Å². The largest absolute Gasteiger partial charge is 0.313 e. The van der Waals surface area contributed by atoms with Crippen molar-refractivity contribution < 1.29 is 0 Å². The summed E-state index contributed by atoms with van der Waals surface area (Å²) in [6.45, 7) is 9.97. The van der Waals surface area contributed by atoms with Gasteiger partial charge in [0, 0.05) is 29.3 Å². The first-order valence-electron chi connectivity index (χ1n) is 6.84. The summed E-state index contributed by atoms with van der Waals surface area (Å²) in [5.74, 6) is 3.22. The van der Waals surface area contributed by atoms with Crippen LogP contribution in [-0.4, -0.2) is 29.1 Å². The highest BCUT2D eigenvalue weighted by molar-refractivity contribution is 7.99. The molecule has 0 spiro atoms. The van der Waals surface area contributed by atoms with E-state index in [1.807, 2.05) is 0 Å². The highest BCUT2D eigenvalue weighted by Crippen LogP contribution is 2.15. The summed E-state index contributed by atoms with van der Waals surface area (Å²) >= 11 is 3.85. The van der Waals surface area contributed by atoms with E-state index in [0.29, 0.717) is 6.04 Å². The number of thioether (sulfide) groups is 1. The van der Waals surface area contributed by atoms with Crippen molar-refractivity contribution in [1.29, 1.82) is 0 Å². The maximum atomic E-state index is 4.57. The second-order valence-corrected chi connectivity index (χ2v) is 7.19. The Morgan fingerprint density at radius 2 is 2.17 bits per heavy atom. The Morgan fingerprint density at radius 3 is 2.72 bits per heavy atom. The van der Waals surface area contributed by atoms with E-state index in [-0.39, 0.29) is 0 Å². The van der Waals surface area contributed by atoms with Crippen molar-refractivity contribution in [1.82, 2.24) is 10.3 Å². The molecule has 1 atom stereocenters. The molecule has 18 heavy (non-hydrogen) atoms. The number of nitrogens with zero attached hydrogens (tertiary/aromatic N) is 1. The highest BCUT2D eigenvalue weighted by Gasteiger charge is 2.11. The predicted molar refractivity (Wildman–Crippen MR) is 84.8 cm³/mol. The normalized spacial score (nSPS) is 13.2. The van der Waals surface area contributed by atoms with Gasteiger partial charge in [0.05, 0.1) is 5.01 Å². The van der Waals surface area contributed by atoms with E-state index in [1.54, 1.807) is 11.3 Å². The van der Waals surface area contributed by atoms with Gasteiger partial charge in [0.2, 0.25) is 0 Å². The number of hydrogen-bond donors (Lipinski definition) is 1. The van der Waals surface area contributed by atoms with E-state index < -0.39 is 0 Å². The van der Waals surface area contributed by atoms with Gasteiger partial charge in [-0.2, -0.15) is 11.8 Å². The van der Waals surface area contributed by atoms with E-state index in [1.165, 1.54) is 22.9 Å². The van der Waals surface area contributed by atoms with Gasteiger partial charge in [-0.3, -0.25) is 0 Å². The molecule has 0 aliphatic carbocycles. The SMILES string of the molecule is CCCNC(CSCC(C)C)Cc1nc(C)cs1. The summed E-state index contributed by atoms with van der Waals surface area (Å²) in [4.78, 5) is 4.57. The van der Waals surface area contributed by atoms with Crippen LogP contribution in [0.5, 0.6) is 0 Å². The molecule has 0 saturated heterocycles. The number of hydrogen-bond acceptors (Lipinski definition) is 4. The zero-order valence-corrected chi connectivity index (χ0v) is 13.7. The van der Waals surface area contributed by atoms with Crippen molar-refractivity contribution in [3.8, 4) is 0 Å². The Hall–Kier alpha value is -0.0600. The maximum absolute atomic E-state index is 4.57. The number of nitrogens with one attached hydrogen (secondary N) is 1. The summed E-state index contributed by atoms with van der Waals surface area (Å²) < 4.78 is 0. The molecule has 0 aromatic carbocycles. The molecule has 1 heterocycles. The minimum absolute atomic E-state index is 0.569. The molecule has 0 fully saturated rings. The van der Waals surface area contributed by atoms with E-state index in [4.69, 9.17) is 0 Å². The average molecular weight is 287 g/mol. The molecule has 4 heteroatoms. The first-order valence-corrected chi connectivity index (χ1v) is 8.87. The van der Waals surface area contributed by atoms with Crippen LogP contribution < -0.4 is 5.32 Å². The third kappa shape index (κ3) is 6.76. The van der Waals surface area contributed by atoms with Crippen LogP contribution >= 0.6 is 23.1 Å². The Labute approximate surface area is 120 Å². The van der Waals surface area contributed by atoms with Gasteiger partial charge in [-0.1, -0.05) is 20.8 Å². The fourth-order valence-corrected chi connectivity index (χ4v) is 3.67. The van der Waals surface area contributed by atoms with Crippen LogP contribution in [0.3, 0.4) is 0 Å². The summed E-state index contributed by atoms with van der Waals surface area (Å²) in [6, 6.07) is 0.569. The average Bonchev–Trinajstić information content (AvgIpc) is 2.71.